The van der Waals surface area contributed by atoms with Gasteiger partial charge < -0.3 is 9.47 Å². The number of hydrogen-bond donors (Lipinski definition) is 0. The van der Waals surface area contributed by atoms with Crippen molar-refractivity contribution < 1.29 is 14.3 Å². The molecule has 0 aliphatic rings. The van der Waals surface area contributed by atoms with Gasteiger partial charge in [-0.1, -0.05) is 0 Å². The van der Waals surface area contributed by atoms with Gasteiger partial charge in [0, 0.05) is 17.3 Å². The number of hydrogen-bond acceptors (Lipinski definition) is 4. The number of benzene rings is 1. The van der Waals surface area contributed by atoms with Crippen LogP contribution in [0.2, 0.25) is 0 Å². The van der Waals surface area contributed by atoms with Crippen LogP contribution in [0.25, 0.3) is 5.69 Å². The van der Waals surface area contributed by atoms with E-state index in [-0.39, 0.29) is 0 Å². The number of amides is 1. The van der Waals surface area contributed by atoms with Crippen LogP contribution >= 0.6 is 11.3 Å². The van der Waals surface area contributed by atoms with Crippen molar-refractivity contribution in [3.8, 4) is 11.4 Å². The normalized spacial score (nSPS) is 11.4. The van der Waals surface area contributed by atoms with Crippen LogP contribution < -0.4 is 9.54 Å². The third-order valence-corrected chi connectivity index (χ3v) is 3.15. The Bertz CT molecular complexity index is 613. The average molecular weight is 278 g/mol. The van der Waals surface area contributed by atoms with Gasteiger partial charge in [-0.15, -0.1) is 16.3 Å². The minimum Gasteiger partial charge on any atom is -0.497 e. The fraction of sp³-hybridized carbons (Fsp3) is 0.231. The van der Waals surface area contributed by atoms with Crippen molar-refractivity contribution >= 4 is 17.4 Å². The third-order valence-electron chi connectivity index (χ3n) is 2.39. The molecule has 0 aliphatic carbocycles. The van der Waals surface area contributed by atoms with Crippen LogP contribution in [0.15, 0.2) is 40.8 Å². The first kappa shape index (κ1) is 13.4. The van der Waals surface area contributed by atoms with Crippen molar-refractivity contribution in [2.45, 2.75) is 6.92 Å². The summed E-state index contributed by atoms with van der Waals surface area (Å²) in [5.41, 5.74) is 0.907. The van der Waals surface area contributed by atoms with Crippen LogP contribution in [0.4, 0.5) is 4.79 Å². The second-order valence-electron chi connectivity index (χ2n) is 3.56. The summed E-state index contributed by atoms with van der Waals surface area (Å²) in [6.45, 7) is 2.07. The van der Waals surface area contributed by atoms with E-state index in [1.165, 1.54) is 11.3 Å². The van der Waals surface area contributed by atoms with Crippen LogP contribution in [0.5, 0.6) is 5.75 Å². The van der Waals surface area contributed by atoms with Crippen molar-refractivity contribution in [3.63, 3.8) is 0 Å². The zero-order valence-corrected chi connectivity index (χ0v) is 11.5. The van der Waals surface area contributed by atoms with Gasteiger partial charge in [-0.2, -0.15) is 0 Å². The Hall–Kier alpha value is -2.08. The fourth-order valence-electron chi connectivity index (χ4n) is 1.53. The first-order valence-corrected chi connectivity index (χ1v) is 6.64. The van der Waals surface area contributed by atoms with E-state index in [1.54, 1.807) is 14.0 Å². The zero-order chi connectivity index (χ0) is 13.7. The first-order valence-electron chi connectivity index (χ1n) is 5.76. The maximum absolute atomic E-state index is 11.4. The van der Waals surface area contributed by atoms with E-state index < -0.39 is 6.09 Å². The van der Waals surface area contributed by atoms with Crippen molar-refractivity contribution in [2.24, 2.45) is 4.99 Å². The van der Waals surface area contributed by atoms with Gasteiger partial charge in [-0.05, 0) is 31.2 Å². The Morgan fingerprint density at radius 1 is 1.37 bits per heavy atom. The Morgan fingerprint density at radius 2 is 2.11 bits per heavy atom. The van der Waals surface area contributed by atoms with Crippen LogP contribution in [-0.4, -0.2) is 24.4 Å². The molecule has 0 spiro atoms. The number of rotatable bonds is 3. The summed E-state index contributed by atoms with van der Waals surface area (Å²) in [5, 5.41) is 1.86. The van der Waals surface area contributed by atoms with E-state index in [4.69, 9.17) is 9.47 Å². The molecule has 0 aliphatic heterocycles. The largest absolute Gasteiger partial charge is 0.497 e. The van der Waals surface area contributed by atoms with E-state index >= 15 is 0 Å². The molecule has 2 aromatic rings. The quantitative estimate of drug-likeness (QED) is 0.867. The average Bonchev–Trinajstić information content (AvgIpc) is 2.87. The number of ether oxygens (including phenoxy) is 2. The van der Waals surface area contributed by atoms with Crippen molar-refractivity contribution in [1.29, 1.82) is 0 Å². The zero-order valence-electron chi connectivity index (χ0n) is 10.7. The minimum atomic E-state index is -0.577. The molecular weight excluding hydrogens is 264 g/mol. The lowest BCUT2D eigenvalue weighted by molar-refractivity contribution is 0.162. The van der Waals surface area contributed by atoms with Crippen LogP contribution in [0.1, 0.15) is 6.92 Å². The van der Waals surface area contributed by atoms with Gasteiger partial charge in [-0.25, -0.2) is 4.79 Å². The number of aromatic nitrogens is 1. The van der Waals surface area contributed by atoms with Gasteiger partial charge in [0.05, 0.1) is 13.7 Å². The Balaban J connectivity index is 2.35. The van der Waals surface area contributed by atoms with E-state index in [2.05, 4.69) is 4.99 Å². The van der Waals surface area contributed by atoms with Crippen molar-refractivity contribution in [1.82, 2.24) is 4.57 Å². The molecule has 100 valence electrons. The maximum atomic E-state index is 11.4. The molecule has 0 N–H and O–H groups in total. The summed E-state index contributed by atoms with van der Waals surface area (Å²) in [6.07, 6.45) is 1.28. The van der Waals surface area contributed by atoms with Gasteiger partial charge >= 0.3 is 6.09 Å². The highest BCUT2D eigenvalue weighted by molar-refractivity contribution is 7.07. The summed E-state index contributed by atoms with van der Waals surface area (Å²) in [7, 11) is 1.62. The topological polar surface area (TPSA) is 52.8 Å². The van der Waals surface area contributed by atoms with E-state index in [9.17, 15) is 4.79 Å². The standard InChI is InChI=1S/C13H14N2O3S/c1-3-18-13(16)14-12-15(8-9-19-12)10-4-6-11(17-2)7-5-10/h4-9H,3H2,1-2H3. The summed E-state index contributed by atoms with van der Waals surface area (Å²) >= 11 is 1.37. The number of carbonyl (C=O) groups excluding carboxylic acids is 1. The van der Waals surface area contributed by atoms with Gasteiger partial charge in [0.1, 0.15) is 5.75 Å². The van der Waals surface area contributed by atoms with Gasteiger partial charge in [-0.3, -0.25) is 4.57 Å². The van der Waals surface area contributed by atoms with Crippen molar-refractivity contribution in [3.05, 3.63) is 40.6 Å². The highest BCUT2D eigenvalue weighted by Gasteiger charge is 2.03. The molecule has 19 heavy (non-hydrogen) atoms. The molecule has 0 saturated heterocycles. The smallest absolute Gasteiger partial charge is 0.436 e. The van der Waals surface area contributed by atoms with E-state index in [1.807, 2.05) is 40.4 Å². The first-order chi connectivity index (χ1) is 9.24. The van der Waals surface area contributed by atoms with E-state index in [0.29, 0.717) is 11.4 Å². The Kier molecular flexibility index (Phi) is 4.35. The lowest BCUT2D eigenvalue weighted by Gasteiger charge is -2.04. The molecule has 0 radical (unpaired) electrons. The lowest BCUT2D eigenvalue weighted by Crippen LogP contribution is -2.15. The van der Waals surface area contributed by atoms with Crippen molar-refractivity contribution in [2.75, 3.05) is 13.7 Å². The molecule has 1 aromatic heterocycles. The second-order valence-corrected chi connectivity index (χ2v) is 4.44. The predicted molar refractivity (Wildman–Crippen MR) is 72.8 cm³/mol. The molecule has 5 nitrogen and oxygen atoms in total. The molecule has 0 unspecified atom stereocenters. The van der Waals surface area contributed by atoms with Crippen LogP contribution in [-0.2, 0) is 4.74 Å². The van der Waals surface area contributed by atoms with Gasteiger partial charge in [0.25, 0.3) is 0 Å². The summed E-state index contributed by atoms with van der Waals surface area (Å²) in [5.74, 6) is 0.781. The Morgan fingerprint density at radius 3 is 2.74 bits per heavy atom. The molecule has 0 atom stereocenters. The molecule has 1 aromatic carbocycles. The number of carbonyl (C=O) groups is 1. The summed E-state index contributed by atoms with van der Waals surface area (Å²) in [4.78, 5) is 15.9. The molecule has 1 amide bonds. The molecule has 6 heteroatoms. The maximum Gasteiger partial charge on any atom is 0.436 e. The highest BCUT2D eigenvalue weighted by atomic mass is 32.1. The molecule has 0 saturated carbocycles. The predicted octanol–water partition coefficient (Wildman–Crippen LogP) is 2.60. The van der Waals surface area contributed by atoms with E-state index in [0.717, 1.165) is 11.4 Å². The molecule has 0 fully saturated rings. The molecule has 2 rings (SSSR count). The monoisotopic (exact) mass is 278 g/mol. The summed E-state index contributed by atoms with van der Waals surface area (Å²) < 4.78 is 11.7. The third kappa shape index (κ3) is 3.23. The number of nitrogens with zero attached hydrogens (tertiary/aromatic N) is 2. The second kappa shape index (κ2) is 6.19. The fourth-order valence-corrected chi connectivity index (χ4v) is 2.24. The molecular formula is C13H14N2O3S. The molecule has 1 heterocycles. The minimum absolute atomic E-state index is 0.316. The SMILES string of the molecule is CCOC(=O)N=c1sccn1-c1ccc(OC)cc1. The van der Waals surface area contributed by atoms with Gasteiger partial charge in [0.2, 0.25) is 4.80 Å². The van der Waals surface area contributed by atoms with Crippen LogP contribution in [0.3, 0.4) is 0 Å². The van der Waals surface area contributed by atoms with Gasteiger partial charge in [0.15, 0.2) is 0 Å². The highest BCUT2D eigenvalue weighted by Crippen LogP contribution is 2.14. The Labute approximate surface area is 114 Å². The lowest BCUT2D eigenvalue weighted by atomic mass is 10.3. The van der Waals surface area contributed by atoms with Crippen LogP contribution in [0, 0.1) is 0 Å². The number of thiazole rings is 1. The molecule has 0 bridgehead atoms. The summed E-state index contributed by atoms with van der Waals surface area (Å²) in [6, 6.07) is 7.51. The number of methoxy groups -OCH3 is 1.